The lowest BCUT2D eigenvalue weighted by Gasteiger charge is -2.22. The number of nitrogens with zero attached hydrogens (tertiary/aromatic N) is 1. The van der Waals surface area contributed by atoms with E-state index in [1.54, 1.807) is 40.5 Å². The van der Waals surface area contributed by atoms with E-state index in [4.69, 9.17) is 0 Å². The smallest absolute Gasteiger partial charge is 0.264 e. The number of thiophene rings is 2. The van der Waals surface area contributed by atoms with Crippen LogP contribution in [0, 0.1) is 0 Å². The van der Waals surface area contributed by atoms with Crippen LogP contribution in [0.3, 0.4) is 0 Å². The van der Waals surface area contributed by atoms with Crippen LogP contribution in [0.25, 0.3) is 0 Å². The maximum atomic E-state index is 13.1. The predicted octanol–water partition coefficient (Wildman–Crippen LogP) is 4.58. The summed E-state index contributed by atoms with van der Waals surface area (Å²) in [6, 6.07) is 14.5. The number of halogens is 1. The molecule has 1 aliphatic heterocycles. The van der Waals surface area contributed by atoms with Crippen molar-refractivity contribution in [3.8, 4) is 0 Å². The molecule has 132 valence electrons. The van der Waals surface area contributed by atoms with Crippen molar-refractivity contribution >= 4 is 56.0 Å². The number of hydrogen-bond donors (Lipinski definition) is 1. The molecule has 0 aliphatic carbocycles. The SMILES string of the molecule is O=C(C[C@]1(O)C(=O)N(Cc2cccs2)c2ccccc21)c1ccc(Br)s1. The second kappa shape index (κ2) is 6.74. The first-order valence-corrected chi connectivity index (χ1v) is 10.4. The van der Waals surface area contributed by atoms with Gasteiger partial charge in [0.1, 0.15) is 0 Å². The molecule has 0 saturated heterocycles. The summed E-state index contributed by atoms with van der Waals surface area (Å²) >= 11 is 6.19. The van der Waals surface area contributed by atoms with Gasteiger partial charge in [0.05, 0.1) is 27.3 Å². The Labute approximate surface area is 166 Å². The van der Waals surface area contributed by atoms with Crippen molar-refractivity contribution in [3.05, 3.63) is 73.0 Å². The maximum absolute atomic E-state index is 13.1. The fourth-order valence-corrected chi connectivity index (χ4v) is 5.19. The van der Waals surface area contributed by atoms with Gasteiger partial charge >= 0.3 is 0 Å². The van der Waals surface area contributed by atoms with Crippen LogP contribution in [0.15, 0.2) is 57.7 Å². The number of aliphatic hydroxyl groups is 1. The summed E-state index contributed by atoms with van der Waals surface area (Å²) in [6.45, 7) is 0.383. The van der Waals surface area contributed by atoms with Gasteiger partial charge in [0.25, 0.3) is 5.91 Å². The van der Waals surface area contributed by atoms with Gasteiger partial charge in [-0.05, 0) is 45.6 Å². The molecule has 0 fully saturated rings. The lowest BCUT2D eigenvalue weighted by Crippen LogP contribution is -2.41. The van der Waals surface area contributed by atoms with Gasteiger partial charge in [-0.15, -0.1) is 22.7 Å². The molecule has 0 spiro atoms. The van der Waals surface area contributed by atoms with E-state index in [2.05, 4.69) is 15.9 Å². The Morgan fingerprint density at radius 1 is 1.15 bits per heavy atom. The van der Waals surface area contributed by atoms with E-state index >= 15 is 0 Å². The minimum absolute atomic E-state index is 0.246. The fourth-order valence-electron chi connectivity index (χ4n) is 3.18. The topological polar surface area (TPSA) is 57.6 Å². The van der Waals surface area contributed by atoms with Crippen LogP contribution in [-0.2, 0) is 16.9 Å². The normalized spacial score (nSPS) is 19.0. The van der Waals surface area contributed by atoms with Gasteiger partial charge in [-0.1, -0.05) is 24.3 Å². The molecule has 7 heteroatoms. The van der Waals surface area contributed by atoms with Crippen LogP contribution >= 0.6 is 38.6 Å². The van der Waals surface area contributed by atoms with Crippen LogP contribution in [0.5, 0.6) is 0 Å². The average molecular weight is 448 g/mol. The number of ketones is 1. The fraction of sp³-hybridized carbons (Fsp3) is 0.158. The van der Waals surface area contributed by atoms with E-state index in [9.17, 15) is 14.7 Å². The Kier molecular flexibility index (Phi) is 4.56. The molecular formula is C19H14BrNO3S2. The molecule has 3 heterocycles. The molecule has 0 unspecified atom stereocenters. The third-order valence-corrected chi connectivity index (χ3v) is 6.92. The third kappa shape index (κ3) is 2.95. The predicted molar refractivity (Wildman–Crippen MR) is 107 cm³/mol. The van der Waals surface area contributed by atoms with E-state index in [0.717, 1.165) is 8.66 Å². The largest absolute Gasteiger partial charge is 0.375 e. The number of rotatable bonds is 5. The minimum atomic E-state index is -1.83. The standard InChI is InChI=1S/C19H14BrNO3S2/c20-17-8-7-16(26-17)15(22)10-19(24)13-5-1-2-6-14(13)21(18(19)23)11-12-4-3-9-25-12/h1-9,24H,10-11H2/t19-/m1/s1. The molecule has 1 aromatic carbocycles. The zero-order chi connectivity index (χ0) is 18.3. The molecule has 26 heavy (non-hydrogen) atoms. The van der Waals surface area contributed by atoms with Crippen LogP contribution in [0.1, 0.15) is 26.5 Å². The van der Waals surface area contributed by atoms with Crippen molar-refractivity contribution < 1.29 is 14.7 Å². The second-order valence-corrected chi connectivity index (χ2v) is 9.55. The monoisotopic (exact) mass is 447 g/mol. The van der Waals surface area contributed by atoms with Gasteiger partial charge in [0, 0.05) is 10.4 Å². The number of amides is 1. The molecule has 0 saturated carbocycles. The summed E-state index contributed by atoms with van der Waals surface area (Å²) in [5.74, 6) is -0.694. The van der Waals surface area contributed by atoms with Gasteiger partial charge < -0.3 is 10.0 Å². The Hall–Kier alpha value is -1.80. The van der Waals surface area contributed by atoms with E-state index in [0.29, 0.717) is 22.7 Å². The van der Waals surface area contributed by atoms with E-state index in [1.165, 1.54) is 11.3 Å². The lowest BCUT2D eigenvalue weighted by molar-refractivity contribution is -0.136. The molecule has 1 aliphatic rings. The number of carbonyl (C=O) groups excluding carboxylic acids is 2. The number of fused-ring (bicyclic) bond motifs is 1. The van der Waals surface area contributed by atoms with E-state index < -0.39 is 11.5 Å². The lowest BCUT2D eigenvalue weighted by atomic mass is 9.89. The number of hydrogen-bond acceptors (Lipinski definition) is 5. The molecule has 4 rings (SSSR count). The first-order valence-electron chi connectivity index (χ1n) is 7.94. The summed E-state index contributed by atoms with van der Waals surface area (Å²) in [5, 5.41) is 13.2. The molecule has 4 nitrogen and oxygen atoms in total. The quantitative estimate of drug-likeness (QED) is 0.582. The molecule has 0 bridgehead atoms. The van der Waals surface area contributed by atoms with Gasteiger partial charge in [0.2, 0.25) is 0 Å². The highest BCUT2D eigenvalue weighted by Crippen LogP contribution is 2.44. The molecule has 3 aromatic rings. The zero-order valence-electron chi connectivity index (χ0n) is 13.5. The van der Waals surface area contributed by atoms with Crippen molar-refractivity contribution in [1.82, 2.24) is 0 Å². The van der Waals surface area contributed by atoms with Crippen LogP contribution in [-0.4, -0.2) is 16.8 Å². The summed E-state index contributed by atoms with van der Waals surface area (Å²) in [7, 11) is 0. The molecule has 2 aromatic heterocycles. The van der Waals surface area contributed by atoms with Gasteiger partial charge in [-0.2, -0.15) is 0 Å². The summed E-state index contributed by atoms with van der Waals surface area (Å²) in [6.07, 6.45) is -0.267. The third-order valence-electron chi connectivity index (χ3n) is 4.40. The number of carbonyl (C=O) groups is 2. The summed E-state index contributed by atoms with van der Waals surface area (Å²) < 4.78 is 0.838. The second-order valence-electron chi connectivity index (χ2n) is 6.05. The van der Waals surface area contributed by atoms with Gasteiger partial charge in [0.15, 0.2) is 11.4 Å². The van der Waals surface area contributed by atoms with E-state index in [1.807, 2.05) is 29.6 Å². The molecule has 1 amide bonds. The Bertz CT molecular complexity index is 982. The average Bonchev–Trinajstić information content (AvgIpc) is 3.33. The number of anilines is 1. The number of Topliss-reactive ketones (excluding diaryl/α,β-unsaturated/α-hetero) is 1. The van der Waals surface area contributed by atoms with Crippen molar-refractivity contribution in [1.29, 1.82) is 0 Å². The highest BCUT2D eigenvalue weighted by Gasteiger charge is 2.50. The van der Waals surface area contributed by atoms with Crippen molar-refractivity contribution in [3.63, 3.8) is 0 Å². The van der Waals surface area contributed by atoms with Crippen LogP contribution < -0.4 is 4.90 Å². The zero-order valence-corrected chi connectivity index (χ0v) is 16.7. The van der Waals surface area contributed by atoms with Crippen LogP contribution in [0.4, 0.5) is 5.69 Å². The minimum Gasteiger partial charge on any atom is -0.375 e. The molecule has 0 radical (unpaired) electrons. The summed E-state index contributed by atoms with van der Waals surface area (Å²) in [5.41, 5.74) is -0.680. The van der Waals surface area contributed by atoms with Crippen molar-refractivity contribution in [2.24, 2.45) is 0 Å². The Morgan fingerprint density at radius 3 is 2.65 bits per heavy atom. The molecular weight excluding hydrogens is 434 g/mol. The maximum Gasteiger partial charge on any atom is 0.264 e. The molecule has 1 atom stereocenters. The van der Waals surface area contributed by atoms with E-state index in [-0.39, 0.29) is 12.2 Å². The first kappa shape index (κ1) is 17.6. The number of benzene rings is 1. The van der Waals surface area contributed by atoms with Crippen molar-refractivity contribution in [2.75, 3.05) is 4.90 Å². The highest BCUT2D eigenvalue weighted by molar-refractivity contribution is 9.11. The number of para-hydroxylation sites is 1. The van der Waals surface area contributed by atoms with Gasteiger partial charge in [-0.3, -0.25) is 9.59 Å². The van der Waals surface area contributed by atoms with Crippen molar-refractivity contribution in [2.45, 2.75) is 18.6 Å². The Morgan fingerprint density at radius 2 is 1.96 bits per heavy atom. The Balaban J connectivity index is 1.69. The highest BCUT2D eigenvalue weighted by atomic mass is 79.9. The van der Waals surface area contributed by atoms with Crippen LogP contribution in [0.2, 0.25) is 0 Å². The molecule has 1 N–H and O–H groups in total. The first-order chi connectivity index (χ1) is 12.5. The summed E-state index contributed by atoms with van der Waals surface area (Å²) in [4.78, 5) is 28.9. The van der Waals surface area contributed by atoms with Gasteiger partial charge in [-0.25, -0.2) is 0 Å².